The van der Waals surface area contributed by atoms with E-state index in [4.69, 9.17) is 5.11 Å². The van der Waals surface area contributed by atoms with Crippen molar-refractivity contribution in [2.24, 2.45) is 0 Å². The smallest absolute Gasteiger partial charge is 0.314 e. The van der Waals surface area contributed by atoms with Crippen molar-refractivity contribution in [2.75, 3.05) is 12.3 Å². The summed E-state index contributed by atoms with van der Waals surface area (Å²) in [5, 5.41) is 10.7. The Morgan fingerprint density at radius 1 is 1.38 bits per heavy atom. The van der Waals surface area contributed by atoms with Gasteiger partial charge in [-0.2, -0.15) is 0 Å². The van der Waals surface area contributed by atoms with Crippen LogP contribution in [0.15, 0.2) is 24.5 Å². The number of aromatic nitrogens is 1. The highest BCUT2D eigenvalue weighted by atomic mass is 32.2. The van der Waals surface area contributed by atoms with Crippen molar-refractivity contribution in [1.29, 1.82) is 0 Å². The number of carboxylic acid groups (broad SMARTS) is 1. The van der Waals surface area contributed by atoms with E-state index in [1.165, 1.54) is 0 Å². The van der Waals surface area contributed by atoms with E-state index >= 15 is 0 Å². The number of thioether (sulfide) groups is 1. The minimum absolute atomic E-state index is 0.207. The second-order valence-corrected chi connectivity index (χ2v) is 3.95. The zero-order chi connectivity index (χ0) is 11.8. The molecule has 0 radical (unpaired) electrons. The Kier molecular flexibility index (Phi) is 5.35. The number of hydrogen-bond acceptors (Lipinski definition) is 4. The third-order valence-corrected chi connectivity index (χ3v) is 2.56. The van der Waals surface area contributed by atoms with Gasteiger partial charge in [0.2, 0.25) is 0 Å². The van der Waals surface area contributed by atoms with E-state index in [0.29, 0.717) is 13.0 Å². The highest BCUT2D eigenvalue weighted by Gasteiger charge is 2.04. The molecule has 16 heavy (non-hydrogen) atoms. The molecule has 0 saturated heterocycles. The van der Waals surface area contributed by atoms with Gasteiger partial charge in [0.15, 0.2) is 0 Å². The second kappa shape index (κ2) is 6.84. The van der Waals surface area contributed by atoms with Crippen molar-refractivity contribution in [3.05, 3.63) is 30.1 Å². The highest BCUT2D eigenvalue weighted by molar-refractivity contribution is 8.14. The van der Waals surface area contributed by atoms with Gasteiger partial charge in [-0.25, -0.2) is 0 Å². The Hall–Kier alpha value is -1.56. The molecule has 0 aromatic carbocycles. The SMILES string of the molecule is O=C(O)CSC(=O)NCCc1ccncc1. The number of hydrogen-bond donors (Lipinski definition) is 2. The van der Waals surface area contributed by atoms with E-state index in [1.54, 1.807) is 12.4 Å². The predicted molar refractivity (Wildman–Crippen MR) is 61.4 cm³/mol. The van der Waals surface area contributed by atoms with E-state index in [9.17, 15) is 9.59 Å². The van der Waals surface area contributed by atoms with Crippen LogP contribution in [0.1, 0.15) is 5.56 Å². The predicted octanol–water partition coefficient (Wildman–Crippen LogP) is 1.15. The lowest BCUT2D eigenvalue weighted by Crippen LogP contribution is -2.22. The van der Waals surface area contributed by atoms with Gasteiger partial charge in [0, 0.05) is 18.9 Å². The van der Waals surface area contributed by atoms with Crippen molar-refractivity contribution in [3.63, 3.8) is 0 Å². The van der Waals surface area contributed by atoms with Gasteiger partial charge in [-0.1, -0.05) is 11.8 Å². The van der Waals surface area contributed by atoms with Crippen LogP contribution in [0, 0.1) is 0 Å². The zero-order valence-corrected chi connectivity index (χ0v) is 9.37. The fourth-order valence-electron chi connectivity index (χ4n) is 1.04. The first-order valence-corrected chi connectivity index (χ1v) is 5.68. The van der Waals surface area contributed by atoms with Crippen LogP contribution in [0.4, 0.5) is 4.79 Å². The Balaban J connectivity index is 2.16. The average Bonchev–Trinajstić information content (AvgIpc) is 2.28. The van der Waals surface area contributed by atoms with E-state index in [2.05, 4.69) is 10.3 Å². The van der Waals surface area contributed by atoms with Gasteiger partial charge >= 0.3 is 5.97 Å². The summed E-state index contributed by atoms with van der Waals surface area (Å²) in [6, 6.07) is 3.74. The normalized spacial score (nSPS) is 9.75. The first kappa shape index (κ1) is 12.5. The molecule has 0 saturated carbocycles. The molecule has 0 unspecified atom stereocenters. The van der Waals surface area contributed by atoms with Gasteiger partial charge < -0.3 is 10.4 Å². The van der Waals surface area contributed by atoms with Gasteiger partial charge in [0.25, 0.3) is 5.24 Å². The summed E-state index contributed by atoms with van der Waals surface area (Å²) >= 11 is 0.758. The number of amides is 1. The minimum Gasteiger partial charge on any atom is -0.481 e. The Labute approximate surface area is 97.3 Å². The molecule has 1 heterocycles. The van der Waals surface area contributed by atoms with Crippen LogP contribution in [0.25, 0.3) is 0 Å². The Morgan fingerprint density at radius 3 is 2.69 bits per heavy atom. The molecule has 1 aromatic heterocycles. The van der Waals surface area contributed by atoms with Crippen LogP contribution < -0.4 is 5.32 Å². The number of nitrogens with one attached hydrogen (secondary N) is 1. The fourth-order valence-corrected chi connectivity index (χ4v) is 1.50. The molecule has 86 valence electrons. The molecule has 0 aliphatic carbocycles. The van der Waals surface area contributed by atoms with Gasteiger partial charge in [-0.15, -0.1) is 0 Å². The monoisotopic (exact) mass is 240 g/mol. The molecular formula is C10H12N2O3S. The van der Waals surface area contributed by atoms with Gasteiger partial charge in [-0.3, -0.25) is 14.6 Å². The Morgan fingerprint density at radius 2 is 2.06 bits per heavy atom. The van der Waals surface area contributed by atoms with Gasteiger partial charge in [0.05, 0.1) is 0 Å². The first-order chi connectivity index (χ1) is 7.68. The quantitative estimate of drug-likeness (QED) is 0.807. The van der Waals surface area contributed by atoms with Crippen LogP contribution in [-0.4, -0.2) is 33.6 Å². The molecule has 0 atom stereocenters. The number of carboxylic acids is 1. The summed E-state index contributed by atoms with van der Waals surface area (Å²) in [4.78, 5) is 25.2. The molecule has 0 spiro atoms. The Bertz CT molecular complexity index is 356. The molecule has 2 N–H and O–H groups in total. The van der Waals surface area contributed by atoms with Crippen molar-refractivity contribution >= 4 is 23.0 Å². The summed E-state index contributed by atoms with van der Waals surface area (Å²) in [6.07, 6.45) is 4.09. The number of carbonyl (C=O) groups is 2. The molecule has 0 aliphatic rings. The maximum atomic E-state index is 11.1. The molecule has 0 bridgehead atoms. The van der Waals surface area contributed by atoms with Crippen LogP contribution in [0.2, 0.25) is 0 Å². The largest absolute Gasteiger partial charge is 0.481 e. The number of carbonyl (C=O) groups excluding carboxylic acids is 1. The van der Waals surface area contributed by atoms with E-state index in [-0.39, 0.29) is 11.0 Å². The topological polar surface area (TPSA) is 79.3 Å². The summed E-state index contributed by atoms with van der Waals surface area (Å²) in [7, 11) is 0. The van der Waals surface area contributed by atoms with Crippen molar-refractivity contribution in [2.45, 2.75) is 6.42 Å². The first-order valence-electron chi connectivity index (χ1n) is 4.70. The zero-order valence-electron chi connectivity index (χ0n) is 8.55. The molecule has 1 amide bonds. The summed E-state index contributed by atoms with van der Waals surface area (Å²) in [6.45, 7) is 0.496. The van der Waals surface area contributed by atoms with Crippen molar-refractivity contribution in [3.8, 4) is 0 Å². The molecule has 0 fully saturated rings. The van der Waals surface area contributed by atoms with Gasteiger partial charge in [0.1, 0.15) is 5.75 Å². The third kappa shape index (κ3) is 5.35. The molecule has 6 heteroatoms. The van der Waals surface area contributed by atoms with E-state index < -0.39 is 5.97 Å². The maximum Gasteiger partial charge on any atom is 0.314 e. The summed E-state index contributed by atoms with van der Waals surface area (Å²) < 4.78 is 0. The molecule has 1 rings (SSSR count). The molecular weight excluding hydrogens is 228 g/mol. The molecule has 5 nitrogen and oxygen atoms in total. The maximum absolute atomic E-state index is 11.1. The lowest BCUT2D eigenvalue weighted by Gasteiger charge is -2.03. The van der Waals surface area contributed by atoms with Crippen LogP contribution in [0.5, 0.6) is 0 Å². The average molecular weight is 240 g/mol. The summed E-state index contributed by atoms with van der Waals surface area (Å²) in [5.41, 5.74) is 1.08. The van der Waals surface area contributed by atoms with Crippen molar-refractivity contribution in [1.82, 2.24) is 10.3 Å². The third-order valence-electron chi connectivity index (χ3n) is 1.76. The van der Waals surface area contributed by atoms with Crippen LogP contribution >= 0.6 is 11.8 Å². The lowest BCUT2D eigenvalue weighted by atomic mass is 10.2. The lowest BCUT2D eigenvalue weighted by molar-refractivity contribution is -0.133. The fraction of sp³-hybridized carbons (Fsp3) is 0.300. The number of rotatable bonds is 5. The van der Waals surface area contributed by atoms with Crippen molar-refractivity contribution < 1.29 is 14.7 Å². The van der Waals surface area contributed by atoms with Gasteiger partial charge in [-0.05, 0) is 24.1 Å². The summed E-state index contributed by atoms with van der Waals surface area (Å²) in [5.74, 6) is -1.20. The highest BCUT2D eigenvalue weighted by Crippen LogP contribution is 2.01. The van der Waals surface area contributed by atoms with E-state index in [0.717, 1.165) is 17.3 Å². The minimum atomic E-state index is -0.991. The number of nitrogens with zero attached hydrogens (tertiary/aromatic N) is 1. The number of pyridine rings is 1. The van der Waals surface area contributed by atoms with E-state index in [1.807, 2.05) is 12.1 Å². The number of aliphatic carboxylic acids is 1. The molecule has 0 aliphatic heterocycles. The second-order valence-electron chi connectivity index (χ2n) is 3.00. The van der Waals surface area contributed by atoms with Crippen LogP contribution in [0.3, 0.4) is 0 Å². The molecule has 1 aromatic rings. The standard InChI is InChI=1S/C10H12N2O3S/c13-9(14)7-16-10(15)12-6-3-8-1-4-11-5-2-8/h1-2,4-5H,3,6-7H2,(H,12,15)(H,13,14). The van der Waals surface area contributed by atoms with Crippen LogP contribution in [-0.2, 0) is 11.2 Å².